The van der Waals surface area contributed by atoms with E-state index in [1.165, 1.54) is 0 Å². The Balaban J connectivity index is 1.78. The van der Waals surface area contributed by atoms with Gasteiger partial charge in [0.15, 0.2) is 0 Å². The minimum atomic E-state index is -0.350. The van der Waals surface area contributed by atoms with Crippen LogP contribution < -0.4 is 10.9 Å². The highest BCUT2D eigenvalue weighted by atomic mass is 35.5. The number of H-pyrrole nitrogens is 1. The molecule has 6 heteroatoms. The van der Waals surface area contributed by atoms with Crippen LogP contribution in [0.4, 0.5) is 5.69 Å². The number of carbonyl (C=O) groups excluding carboxylic acids is 1. The number of rotatable bonds is 4. The number of pyridine rings is 2. The van der Waals surface area contributed by atoms with Gasteiger partial charge in [0, 0.05) is 29.2 Å². The molecule has 3 aromatic rings. The molecule has 0 radical (unpaired) electrons. The third-order valence-electron chi connectivity index (χ3n) is 3.47. The van der Waals surface area contributed by atoms with Gasteiger partial charge in [-0.1, -0.05) is 23.7 Å². The summed E-state index contributed by atoms with van der Waals surface area (Å²) in [5.41, 5.74) is 2.37. The van der Waals surface area contributed by atoms with Gasteiger partial charge in [0.2, 0.25) is 5.91 Å². The van der Waals surface area contributed by atoms with Crippen LogP contribution in [0.15, 0.2) is 65.8 Å². The summed E-state index contributed by atoms with van der Waals surface area (Å²) in [5, 5.41) is 3.26. The predicted molar refractivity (Wildman–Crippen MR) is 94.1 cm³/mol. The summed E-state index contributed by atoms with van der Waals surface area (Å²) in [5.74, 6) is -0.269. The third kappa shape index (κ3) is 3.88. The van der Waals surface area contributed by atoms with Crippen molar-refractivity contribution >= 4 is 23.2 Å². The Bertz CT molecular complexity index is 906. The first-order chi connectivity index (χ1) is 11.6. The first-order valence-electron chi connectivity index (χ1n) is 7.29. The first-order valence-corrected chi connectivity index (χ1v) is 7.67. The SMILES string of the molecule is O=C(Cc1ccc(Cl)cc1)Nc1cc(-c2ccncc2)c[nH]c1=O. The van der Waals surface area contributed by atoms with Crippen LogP contribution in [-0.2, 0) is 11.2 Å². The summed E-state index contributed by atoms with van der Waals surface area (Å²) in [7, 11) is 0. The zero-order chi connectivity index (χ0) is 16.9. The lowest BCUT2D eigenvalue weighted by atomic mass is 10.1. The molecule has 2 heterocycles. The molecular weight excluding hydrogens is 326 g/mol. The van der Waals surface area contributed by atoms with E-state index in [-0.39, 0.29) is 23.6 Å². The van der Waals surface area contributed by atoms with Gasteiger partial charge in [-0.25, -0.2) is 0 Å². The Kier molecular flexibility index (Phi) is 4.72. The molecule has 0 aliphatic heterocycles. The average molecular weight is 340 g/mol. The van der Waals surface area contributed by atoms with Gasteiger partial charge >= 0.3 is 0 Å². The average Bonchev–Trinajstić information content (AvgIpc) is 2.60. The monoisotopic (exact) mass is 339 g/mol. The molecule has 120 valence electrons. The Labute approximate surface area is 143 Å². The standard InChI is InChI=1S/C18H14ClN3O2/c19-15-3-1-12(2-4-15)9-17(23)22-16-10-14(11-21-18(16)24)13-5-7-20-8-6-13/h1-8,10-11H,9H2,(H,21,24)(H,22,23). The maximum absolute atomic E-state index is 12.2. The molecule has 0 unspecified atom stereocenters. The topological polar surface area (TPSA) is 74.8 Å². The highest BCUT2D eigenvalue weighted by Gasteiger charge is 2.09. The van der Waals surface area contributed by atoms with Crippen LogP contribution in [0.2, 0.25) is 5.02 Å². The fourth-order valence-corrected chi connectivity index (χ4v) is 2.40. The molecule has 0 saturated carbocycles. The number of aromatic amines is 1. The largest absolute Gasteiger partial charge is 0.327 e. The molecule has 3 rings (SSSR count). The minimum absolute atomic E-state index is 0.163. The number of anilines is 1. The molecule has 0 aliphatic carbocycles. The molecule has 24 heavy (non-hydrogen) atoms. The van der Waals surface area contributed by atoms with Crippen molar-refractivity contribution in [3.05, 3.63) is 82.0 Å². The molecule has 2 aromatic heterocycles. The lowest BCUT2D eigenvalue weighted by Gasteiger charge is -2.07. The van der Waals surface area contributed by atoms with Crippen molar-refractivity contribution in [1.82, 2.24) is 9.97 Å². The summed E-state index contributed by atoms with van der Waals surface area (Å²) in [6.07, 6.45) is 5.10. The van der Waals surface area contributed by atoms with Gasteiger partial charge in [-0.2, -0.15) is 0 Å². The third-order valence-corrected chi connectivity index (χ3v) is 3.72. The molecule has 1 aromatic carbocycles. The Hall–Kier alpha value is -2.92. The molecule has 1 amide bonds. The van der Waals surface area contributed by atoms with Crippen molar-refractivity contribution in [2.75, 3.05) is 5.32 Å². The van der Waals surface area contributed by atoms with Crippen molar-refractivity contribution in [2.24, 2.45) is 0 Å². The normalized spacial score (nSPS) is 10.4. The van der Waals surface area contributed by atoms with Crippen LogP contribution in [0.25, 0.3) is 11.1 Å². The Morgan fingerprint density at radius 1 is 1.08 bits per heavy atom. The molecule has 0 bridgehead atoms. The second kappa shape index (κ2) is 7.10. The number of nitrogens with zero attached hydrogens (tertiary/aromatic N) is 1. The van der Waals surface area contributed by atoms with Crippen molar-refractivity contribution in [3.8, 4) is 11.1 Å². The van der Waals surface area contributed by atoms with Crippen molar-refractivity contribution in [3.63, 3.8) is 0 Å². The van der Waals surface area contributed by atoms with Crippen LogP contribution >= 0.6 is 11.6 Å². The predicted octanol–water partition coefficient (Wildman–Crippen LogP) is 3.27. The molecular formula is C18H14ClN3O2. The van der Waals surface area contributed by atoms with Gasteiger partial charge in [-0.15, -0.1) is 0 Å². The van der Waals surface area contributed by atoms with Crippen LogP contribution in [0.5, 0.6) is 0 Å². The molecule has 0 atom stereocenters. The van der Waals surface area contributed by atoms with E-state index in [4.69, 9.17) is 11.6 Å². The summed E-state index contributed by atoms with van der Waals surface area (Å²) in [6, 6.07) is 12.3. The summed E-state index contributed by atoms with van der Waals surface area (Å²) in [6.45, 7) is 0. The summed E-state index contributed by atoms with van der Waals surface area (Å²) >= 11 is 5.82. The van der Waals surface area contributed by atoms with E-state index in [2.05, 4.69) is 15.3 Å². The first kappa shape index (κ1) is 16.0. The van der Waals surface area contributed by atoms with Gasteiger partial charge < -0.3 is 10.3 Å². The maximum Gasteiger partial charge on any atom is 0.271 e. The molecule has 0 spiro atoms. The quantitative estimate of drug-likeness (QED) is 0.766. The number of hydrogen-bond acceptors (Lipinski definition) is 3. The fraction of sp³-hybridized carbons (Fsp3) is 0.0556. The molecule has 0 fully saturated rings. The number of benzene rings is 1. The van der Waals surface area contributed by atoms with Gasteiger partial charge in [-0.3, -0.25) is 14.6 Å². The van der Waals surface area contributed by atoms with E-state index < -0.39 is 0 Å². The Morgan fingerprint density at radius 3 is 2.50 bits per heavy atom. The summed E-state index contributed by atoms with van der Waals surface area (Å²) in [4.78, 5) is 30.7. The van der Waals surface area contributed by atoms with Crippen LogP contribution in [0.3, 0.4) is 0 Å². The second-order valence-electron chi connectivity index (χ2n) is 5.22. The van der Waals surface area contributed by atoms with E-state index in [1.807, 2.05) is 12.1 Å². The van der Waals surface area contributed by atoms with E-state index in [0.29, 0.717) is 5.02 Å². The van der Waals surface area contributed by atoms with Crippen LogP contribution in [0.1, 0.15) is 5.56 Å². The second-order valence-corrected chi connectivity index (χ2v) is 5.65. The van der Waals surface area contributed by atoms with Crippen molar-refractivity contribution in [2.45, 2.75) is 6.42 Å². The zero-order valence-electron chi connectivity index (χ0n) is 12.6. The number of hydrogen-bond donors (Lipinski definition) is 2. The van der Waals surface area contributed by atoms with Gasteiger partial charge in [0.1, 0.15) is 5.69 Å². The number of halogens is 1. The van der Waals surface area contributed by atoms with E-state index in [9.17, 15) is 9.59 Å². The van der Waals surface area contributed by atoms with E-state index in [1.54, 1.807) is 48.9 Å². The number of carbonyl (C=O) groups is 1. The number of amides is 1. The van der Waals surface area contributed by atoms with Crippen LogP contribution in [-0.4, -0.2) is 15.9 Å². The number of nitrogens with one attached hydrogen (secondary N) is 2. The molecule has 0 saturated heterocycles. The van der Waals surface area contributed by atoms with Gasteiger partial charge in [0.25, 0.3) is 5.56 Å². The zero-order valence-corrected chi connectivity index (χ0v) is 13.4. The lowest BCUT2D eigenvalue weighted by molar-refractivity contribution is -0.115. The smallest absolute Gasteiger partial charge is 0.271 e. The van der Waals surface area contributed by atoms with Gasteiger partial charge in [0.05, 0.1) is 6.42 Å². The molecule has 2 N–H and O–H groups in total. The van der Waals surface area contributed by atoms with Crippen molar-refractivity contribution < 1.29 is 4.79 Å². The Morgan fingerprint density at radius 2 is 1.79 bits per heavy atom. The minimum Gasteiger partial charge on any atom is -0.327 e. The summed E-state index contributed by atoms with van der Waals surface area (Å²) < 4.78 is 0. The van der Waals surface area contributed by atoms with Crippen LogP contribution in [0, 0.1) is 0 Å². The fourth-order valence-electron chi connectivity index (χ4n) is 2.27. The molecule has 0 aliphatic rings. The highest BCUT2D eigenvalue weighted by Crippen LogP contribution is 2.18. The van der Waals surface area contributed by atoms with Gasteiger partial charge in [-0.05, 0) is 41.5 Å². The highest BCUT2D eigenvalue weighted by molar-refractivity contribution is 6.30. The maximum atomic E-state index is 12.2. The number of aromatic nitrogens is 2. The lowest BCUT2D eigenvalue weighted by Crippen LogP contribution is -2.21. The van der Waals surface area contributed by atoms with E-state index in [0.717, 1.165) is 16.7 Å². The van der Waals surface area contributed by atoms with E-state index >= 15 is 0 Å². The van der Waals surface area contributed by atoms with Crippen molar-refractivity contribution in [1.29, 1.82) is 0 Å². The molecule has 5 nitrogen and oxygen atoms in total.